The van der Waals surface area contributed by atoms with Gasteiger partial charge in [-0.25, -0.2) is 4.98 Å². The molecule has 6 heteroatoms. The summed E-state index contributed by atoms with van der Waals surface area (Å²) >= 11 is -1.24. The molecule has 6 rings (SSSR count). The molecule has 0 spiro atoms. The molecule has 1 radical (unpaired) electrons. The van der Waals surface area contributed by atoms with Crippen LogP contribution >= 0.6 is 11.3 Å². The van der Waals surface area contributed by atoms with Gasteiger partial charge in [0.1, 0.15) is 4.83 Å². The van der Waals surface area contributed by atoms with Crippen molar-refractivity contribution in [3.63, 3.8) is 0 Å². The second-order valence-corrected chi connectivity index (χ2v) is 23.6. The van der Waals surface area contributed by atoms with E-state index < -0.39 is 64.9 Å². The number of pyridine rings is 3. The summed E-state index contributed by atoms with van der Waals surface area (Å²) in [7, 11) is 0. The van der Waals surface area contributed by atoms with E-state index >= 15 is 0 Å². The molecule has 241 valence electrons. The standard InChI is InChI=1S/C22H21N2S.C18H24GeN.Ir/c1-13-6-8-16(18-12-15(10-11-23-18)22(3,4)5)20-19(13)17-9-7-14(2)24-21(17)25-20;1-14(2)11-16-12-18(15-9-7-6-8-10-15)20-13-17(16)19(3,4)5;/h6-7,9-12H,1-5H3;6-9,12-14H,11H2,1-5H3;/q2*-1;/i1D3,2D3,3D3,4D3,5D3;11D2;. The van der Waals surface area contributed by atoms with Gasteiger partial charge in [-0.2, -0.15) is 11.3 Å². The van der Waals surface area contributed by atoms with Crippen LogP contribution < -0.4 is 4.40 Å². The monoisotopic (exact) mass is 883 g/mol. The Hall–Kier alpha value is -2.70. The quantitative estimate of drug-likeness (QED) is 0.128. The largest absolute Gasteiger partial charge is 0 e. The number of hydrogen-bond donors (Lipinski definition) is 0. The SMILES string of the molecule is [2H]C([2H])([2H])c1ccc2c(n1)sc1c(-c3cc(C(C([2H])([2H])[2H])(C([2H])([2H])[2H])C([2H])([2H])[2H])ccn3)[c-]cc(C([2H])([2H])[2H])c12.[2H]C([2H])(c1cc(-c2[c-]cccc2)nc[c]1[Ge]([CH3])([CH3])[CH3])C(C)C.[Ir]. The molecule has 0 aliphatic heterocycles. The van der Waals surface area contributed by atoms with Crippen LogP contribution in [0.15, 0.2) is 73.1 Å². The zero-order chi connectivity index (χ0) is 46.8. The molecule has 0 saturated carbocycles. The minimum Gasteiger partial charge on any atom is 0 e. The molecular formula is C40H45GeIrN3S-2. The van der Waals surface area contributed by atoms with Crippen molar-refractivity contribution in [3.8, 4) is 22.5 Å². The van der Waals surface area contributed by atoms with Gasteiger partial charge in [-0.1, -0.05) is 44.9 Å². The van der Waals surface area contributed by atoms with E-state index in [4.69, 9.17) is 23.3 Å². The third-order valence-corrected chi connectivity index (χ3v) is 12.3. The summed E-state index contributed by atoms with van der Waals surface area (Å²) in [5.41, 5.74) is -1.47. The fourth-order valence-electron chi connectivity index (χ4n) is 4.88. The number of thiophene rings is 1. The Morgan fingerprint density at radius 1 is 0.978 bits per heavy atom. The second kappa shape index (κ2) is 14.6. The smallest absolute Gasteiger partial charge is 0 e. The van der Waals surface area contributed by atoms with Crippen LogP contribution in [0.3, 0.4) is 0 Å². The van der Waals surface area contributed by atoms with Gasteiger partial charge in [-0.05, 0) is 40.4 Å². The average molecular weight is 882 g/mol. The Kier molecular flexibility index (Phi) is 6.14. The molecule has 0 N–H and O–H groups in total. The third-order valence-electron chi connectivity index (χ3n) is 7.00. The van der Waals surface area contributed by atoms with Gasteiger partial charge >= 0.3 is 128 Å². The summed E-state index contributed by atoms with van der Waals surface area (Å²) in [4.78, 5) is 13.2. The summed E-state index contributed by atoms with van der Waals surface area (Å²) in [5, 5.41) is 0.576. The van der Waals surface area contributed by atoms with Crippen molar-refractivity contribution < 1.29 is 43.4 Å². The molecule has 0 unspecified atom stereocenters. The molecule has 2 aromatic carbocycles. The van der Waals surface area contributed by atoms with Crippen molar-refractivity contribution in [2.75, 3.05) is 0 Å². The van der Waals surface area contributed by atoms with Crippen molar-refractivity contribution in [3.05, 3.63) is 108 Å². The van der Waals surface area contributed by atoms with E-state index in [1.54, 1.807) is 0 Å². The average Bonchev–Trinajstić information content (AvgIpc) is 3.51. The van der Waals surface area contributed by atoms with Crippen LogP contribution in [0, 0.1) is 31.8 Å². The first-order valence-electron chi connectivity index (χ1n) is 22.9. The number of aromatic nitrogens is 3. The predicted octanol–water partition coefficient (Wildman–Crippen LogP) is 10.5. The summed E-state index contributed by atoms with van der Waals surface area (Å²) in [5.74, 6) is 6.77. The first-order valence-corrected chi connectivity index (χ1v) is 22.6. The van der Waals surface area contributed by atoms with E-state index in [0.717, 1.165) is 50.9 Å². The molecule has 4 heterocycles. The molecule has 3 nitrogen and oxygen atoms in total. The predicted molar refractivity (Wildman–Crippen MR) is 197 cm³/mol. The fraction of sp³-hybridized carbons (Fsp3) is 0.325. The molecule has 0 fully saturated rings. The van der Waals surface area contributed by atoms with Crippen molar-refractivity contribution in [1.82, 2.24) is 15.0 Å². The van der Waals surface area contributed by atoms with Crippen LogP contribution in [0.1, 0.15) is 80.1 Å². The van der Waals surface area contributed by atoms with Gasteiger partial charge in [0, 0.05) is 57.9 Å². The Balaban J connectivity index is 0.000000321. The molecule has 0 aliphatic carbocycles. The summed E-state index contributed by atoms with van der Waals surface area (Å²) in [6.45, 7) is -11.7. The van der Waals surface area contributed by atoms with E-state index in [1.807, 2.05) is 50.4 Å². The number of hydrogen-bond acceptors (Lipinski definition) is 4. The van der Waals surface area contributed by atoms with Gasteiger partial charge in [-0.3, -0.25) is 0 Å². The number of aryl methyl sites for hydroxylation is 2. The van der Waals surface area contributed by atoms with Gasteiger partial charge < -0.3 is 4.98 Å². The topological polar surface area (TPSA) is 38.7 Å². The van der Waals surface area contributed by atoms with E-state index in [2.05, 4.69) is 44.4 Å². The minimum atomic E-state index is -3.49. The molecule has 0 atom stereocenters. The Morgan fingerprint density at radius 2 is 1.80 bits per heavy atom. The molecule has 0 bridgehead atoms. The first-order chi connectivity index (χ1) is 28.2. The van der Waals surface area contributed by atoms with E-state index in [9.17, 15) is 0 Å². The molecule has 0 amide bonds. The fourth-order valence-corrected chi connectivity index (χ4v) is 9.03. The van der Waals surface area contributed by atoms with E-state index in [-0.39, 0.29) is 63.5 Å². The molecule has 0 saturated heterocycles. The maximum atomic E-state index is 8.56. The van der Waals surface area contributed by atoms with Gasteiger partial charge in [0.05, 0.1) is 0 Å². The van der Waals surface area contributed by atoms with Gasteiger partial charge in [-0.15, -0.1) is 23.3 Å². The van der Waals surface area contributed by atoms with Gasteiger partial charge in [0.15, 0.2) is 0 Å². The number of nitrogens with zero attached hydrogens (tertiary/aromatic N) is 3. The zero-order valence-electron chi connectivity index (χ0n) is 43.1. The van der Waals surface area contributed by atoms with Crippen LogP contribution in [0.25, 0.3) is 42.8 Å². The zero-order valence-corrected chi connectivity index (χ0v) is 31.4. The van der Waals surface area contributed by atoms with Crippen molar-refractivity contribution in [2.24, 2.45) is 5.92 Å². The Labute approximate surface area is 319 Å². The van der Waals surface area contributed by atoms with Crippen LogP contribution in [-0.4, -0.2) is 28.2 Å². The number of rotatable bonds is 5. The third kappa shape index (κ3) is 8.23. The Morgan fingerprint density at radius 3 is 2.48 bits per heavy atom. The first kappa shape index (κ1) is 19.3. The molecule has 0 aliphatic rings. The number of fused-ring (bicyclic) bond motifs is 3. The summed E-state index contributed by atoms with van der Waals surface area (Å²) in [6, 6.07) is 21.7. The van der Waals surface area contributed by atoms with Crippen LogP contribution in [0.4, 0.5) is 0 Å². The Bertz CT molecular complexity index is 2540. The van der Waals surface area contributed by atoms with Crippen LogP contribution in [-0.2, 0) is 31.9 Å². The minimum absolute atomic E-state index is 0. The van der Waals surface area contributed by atoms with Gasteiger partial charge in [0.25, 0.3) is 0 Å². The molecule has 46 heavy (non-hydrogen) atoms. The second-order valence-electron chi connectivity index (χ2n) is 12.1. The van der Waals surface area contributed by atoms with Crippen molar-refractivity contribution in [1.29, 1.82) is 0 Å². The maximum Gasteiger partial charge on any atom is 0 e. The number of benzene rings is 2. The normalized spacial score (nSPS) is 19.0. The van der Waals surface area contributed by atoms with Crippen molar-refractivity contribution in [2.45, 2.75) is 77.2 Å². The molecule has 6 aromatic rings. The van der Waals surface area contributed by atoms with E-state index in [1.165, 1.54) is 18.2 Å². The maximum absolute atomic E-state index is 8.56. The summed E-state index contributed by atoms with van der Waals surface area (Å²) < 4.78 is 138. The molecular weight excluding hydrogens is 819 g/mol. The van der Waals surface area contributed by atoms with Crippen molar-refractivity contribution >= 4 is 49.3 Å². The van der Waals surface area contributed by atoms with Gasteiger partial charge in [0.2, 0.25) is 0 Å². The molecule has 4 aromatic heterocycles. The van der Waals surface area contributed by atoms with Crippen LogP contribution in [0.5, 0.6) is 0 Å². The summed E-state index contributed by atoms with van der Waals surface area (Å²) in [6.07, 6.45) is 1.64. The van der Waals surface area contributed by atoms with E-state index in [0.29, 0.717) is 5.39 Å². The van der Waals surface area contributed by atoms with Crippen LogP contribution in [0.2, 0.25) is 17.3 Å².